The highest BCUT2D eigenvalue weighted by molar-refractivity contribution is 5.80. The summed E-state index contributed by atoms with van der Waals surface area (Å²) in [5.74, 6) is -0.291. The third-order valence-corrected chi connectivity index (χ3v) is 6.49. The minimum absolute atomic E-state index is 0.0583. The lowest BCUT2D eigenvalue weighted by Crippen LogP contribution is -2.45. The molecule has 30 heavy (non-hydrogen) atoms. The molecule has 9 nitrogen and oxygen atoms in total. The Kier molecular flexibility index (Phi) is 3.91. The van der Waals surface area contributed by atoms with Crippen LogP contribution in [0.2, 0.25) is 0 Å². The minimum atomic E-state index is -0.674. The molecule has 6 rings (SSSR count). The lowest BCUT2D eigenvalue weighted by Gasteiger charge is -2.42. The molecule has 1 saturated carbocycles. The van der Waals surface area contributed by atoms with Crippen molar-refractivity contribution < 1.29 is 14.1 Å². The van der Waals surface area contributed by atoms with E-state index in [0.29, 0.717) is 29.8 Å². The molecule has 4 heterocycles. The number of ether oxygens (including phenoxy) is 2. The lowest BCUT2D eigenvalue weighted by atomic mass is 9.74. The van der Waals surface area contributed by atoms with Gasteiger partial charge in [0.2, 0.25) is 0 Å². The molecular formula is C21H20N6O3. The van der Waals surface area contributed by atoms with Crippen LogP contribution in [-0.4, -0.2) is 39.5 Å². The third-order valence-electron chi connectivity index (χ3n) is 6.49. The average Bonchev–Trinajstić information content (AvgIpc) is 3.53. The van der Waals surface area contributed by atoms with E-state index in [1.54, 1.807) is 6.20 Å². The van der Waals surface area contributed by atoms with E-state index in [1.807, 2.05) is 18.2 Å². The molecule has 2 aliphatic heterocycles. The molecule has 3 aromatic rings. The molecule has 1 aliphatic carbocycles. The van der Waals surface area contributed by atoms with Crippen molar-refractivity contribution in [3.8, 4) is 6.07 Å². The summed E-state index contributed by atoms with van der Waals surface area (Å²) in [5, 5.41) is 29.1. The van der Waals surface area contributed by atoms with Crippen molar-refractivity contribution in [1.29, 1.82) is 5.26 Å². The van der Waals surface area contributed by atoms with Crippen LogP contribution >= 0.6 is 0 Å². The molecule has 3 aliphatic rings. The first-order chi connectivity index (χ1) is 14.8. The van der Waals surface area contributed by atoms with E-state index >= 15 is 0 Å². The van der Waals surface area contributed by atoms with E-state index in [2.05, 4.69) is 31.9 Å². The van der Waals surface area contributed by atoms with Gasteiger partial charge in [-0.2, -0.15) is 10.4 Å². The molecule has 2 aromatic heterocycles. The molecule has 2 atom stereocenters. The molecule has 9 heteroatoms. The summed E-state index contributed by atoms with van der Waals surface area (Å²) in [6.45, 7) is 1.16. The van der Waals surface area contributed by atoms with E-state index in [1.165, 1.54) is 0 Å². The molecular weight excluding hydrogens is 384 g/mol. The van der Waals surface area contributed by atoms with Gasteiger partial charge < -0.3 is 14.8 Å². The van der Waals surface area contributed by atoms with Crippen molar-refractivity contribution in [2.24, 2.45) is 5.92 Å². The molecule has 2 fully saturated rings. The van der Waals surface area contributed by atoms with Crippen molar-refractivity contribution in [2.75, 3.05) is 18.5 Å². The largest absolute Gasteiger partial charge is 0.347 e. The molecule has 0 amide bonds. The van der Waals surface area contributed by atoms with Gasteiger partial charge in [0.25, 0.3) is 0 Å². The zero-order valence-electron chi connectivity index (χ0n) is 16.2. The number of H-pyrrole nitrogens is 1. The fraction of sp³-hybridized carbons (Fsp3) is 0.429. The fourth-order valence-corrected chi connectivity index (χ4v) is 5.20. The SMILES string of the molecule is N#CC1=C(C2CCCCC23OCCO3)Nc2[nH]ncc2C1c1cccc2nonc12. The first kappa shape index (κ1) is 17.6. The predicted molar refractivity (Wildman–Crippen MR) is 105 cm³/mol. The molecule has 2 unspecified atom stereocenters. The summed E-state index contributed by atoms with van der Waals surface area (Å²) in [4.78, 5) is 0. The predicted octanol–water partition coefficient (Wildman–Crippen LogP) is 3.21. The van der Waals surface area contributed by atoms with Crippen molar-refractivity contribution in [2.45, 2.75) is 37.4 Å². The Morgan fingerprint density at radius 2 is 2.03 bits per heavy atom. The van der Waals surface area contributed by atoms with Crippen LogP contribution in [0.5, 0.6) is 0 Å². The second-order valence-corrected chi connectivity index (χ2v) is 7.98. The zero-order chi connectivity index (χ0) is 20.1. The van der Waals surface area contributed by atoms with Gasteiger partial charge in [0.05, 0.1) is 42.9 Å². The smallest absolute Gasteiger partial charge is 0.176 e. The molecule has 1 spiro atoms. The van der Waals surface area contributed by atoms with E-state index in [9.17, 15) is 5.26 Å². The summed E-state index contributed by atoms with van der Waals surface area (Å²) < 4.78 is 17.3. The molecule has 0 bridgehead atoms. The summed E-state index contributed by atoms with van der Waals surface area (Å²) in [6.07, 6.45) is 5.58. The van der Waals surface area contributed by atoms with Gasteiger partial charge in [-0.25, -0.2) is 4.63 Å². The van der Waals surface area contributed by atoms with Gasteiger partial charge in [0.1, 0.15) is 16.9 Å². The summed E-state index contributed by atoms with van der Waals surface area (Å²) in [6, 6.07) is 8.20. The number of hydrogen-bond donors (Lipinski definition) is 2. The van der Waals surface area contributed by atoms with Crippen LogP contribution in [0.4, 0.5) is 5.82 Å². The Morgan fingerprint density at radius 1 is 1.13 bits per heavy atom. The quantitative estimate of drug-likeness (QED) is 0.668. The molecule has 1 aromatic carbocycles. The van der Waals surface area contributed by atoms with E-state index in [0.717, 1.165) is 48.3 Å². The summed E-state index contributed by atoms with van der Waals surface area (Å²) >= 11 is 0. The number of hydrogen-bond acceptors (Lipinski definition) is 8. The lowest BCUT2D eigenvalue weighted by molar-refractivity contribution is -0.203. The van der Waals surface area contributed by atoms with Gasteiger partial charge in [-0.1, -0.05) is 18.6 Å². The fourth-order valence-electron chi connectivity index (χ4n) is 5.20. The van der Waals surface area contributed by atoms with Crippen molar-refractivity contribution in [3.63, 3.8) is 0 Å². The Balaban J connectivity index is 1.56. The van der Waals surface area contributed by atoms with Crippen LogP contribution < -0.4 is 5.32 Å². The van der Waals surface area contributed by atoms with Gasteiger partial charge in [-0.15, -0.1) is 0 Å². The highest BCUT2D eigenvalue weighted by atomic mass is 16.7. The summed E-state index contributed by atoms with van der Waals surface area (Å²) in [7, 11) is 0. The van der Waals surface area contributed by atoms with Gasteiger partial charge in [0.15, 0.2) is 5.79 Å². The van der Waals surface area contributed by atoms with Crippen LogP contribution in [0.25, 0.3) is 11.0 Å². The Bertz CT molecular complexity index is 1180. The normalized spacial score (nSPS) is 25.3. The Morgan fingerprint density at radius 3 is 2.90 bits per heavy atom. The topological polar surface area (TPSA) is 122 Å². The van der Waals surface area contributed by atoms with Crippen LogP contribution in [0.15, 0.2) is 40.3 Å². The number of nitriles is 1. The standard InChI is InChI=1S/C21H20N6O3/c22-10-13-17(12-4-3-6-16-19(12)27-30-26-16)14-11-23-25-20(14)24-18(13)15-5-1-2-7-21(15)28-8-9-29-21/h3-4,6,11,15,17H,1-2,5,7-9H2,(H2,23,24,25). The Labute approximate surface area is 172 Å². The highest BCUT2D eigenvalue weighted by Crippen LogP contribution is 2.50. The van der Waals surface area contributed by atoms with Crippen LogP contribution in [0.1, 0.15) is 42.7 Å². The first-order valence-corrected chi connectivity index (χ1v) is 10.2. The van der Waals surface area contributed by atoms with E-state index < -0.39 is 5.79 Å². The average molecular weight is 404 g/mol. The first-order valence-electron chi connectivity index (χ1n) is 10.2. The number of aromatic amines is 1. The minimum Gasteiger partial charge on any atom is -0.347 e. The van der Waals surface area contributed by atoms with Crippen molar-refractivity contribution >= 4 is 16.9 Å². The maximum absolute atomic E-state index is 10.3. The molecule has 152 valence electrons. The molecule has 0 radical (unpaired) electrons. The second-order valence-electron chi connectivity index (χ2n) is 7.98. The number of aromatic nitrogens is 4. The maximum atomic E-state index is 10.3. The van der Waals surface area contributed by atoms with Crippen LogP contribution in [0.3, 0.4) is 0 Å². The highest BCUT2D eigenvalue weighted by Gasteiger charge is 2.50. The van der Waals surface area contributed by atoms with E-state index in [4.69, 9.17) is 14.1 Å². The van der Waals surface area contributed by atoms with Gasteiger partial charge >= 0.3 is 0 Å². The van der Waals surface area contributed by atoms with Gasteiger partial charge in [-0.05, 0) is 34.8 Å². The van der Waals surface area contributed by atoms with Crippen molar-refractivity contribution in [3.05, 3.63) is 46.8 Å². The number of anilines is 1. The second kappa shape index (κ2) is 6.65. The summed E-state index contributed by atoms with van der Waals surface area (Å²) in [5.41, 5.74) is 4.54. The zero-order valence-corrected chi connectivity index (χ0v) is 16.2. The van der Waals surface area contributed by atoms with Gasteiger partial charge in [0, 0.05) is 17.7 Å². The van der Waals surface area contributed by atoms with E-state index in [-0.39, 0.29) is 11.8 Å². The molecule has 1 saturated heterocycles. The monoisotopic (exact) mass is 404 g/mol. The number of fused-ring (bicyclic) bond motifs is 2. The number of nitrogens with zero attached hydrogens (tertiary/aromatic N) is 4. The van der Waals surface area contributed by atoms with Gasteiger partial charge in [-0.3, -0.25) is 5.10 Å². The number of nitrogens with one attached hydrogen (secondary N) is 2. The third kappa shape index (κ3) is 2.44. The maximum Gasteiger partial charge on any atom is 0.176 e. The van der Waals surface area contributed by atoms with Crippen molar-refractivity contribution in [1.82, 2.24) is 20.5 Å². The van der Waals surface area contributed by atoms with Crippen LogP contribution in [0, 0.1) is 17.2 Å². The number of allylic oxidation sites excluding steroid dienone is 1. The Hall–Kier alpha value is -3.22. The molecule has 2 N–H and O–H groups in total. The van der Waals surface area contributed by atoms with Crippen LogP contribution in [-0.2, 0) is 9.47 Å². The number of rotatable bonds is 2. The number of benzene rings is 1.